The lowest BCUT2D eigenvalue weighted by atomic mass is 10.1. The Morgan fingerprint density at radius 2 is 1.76 bits per heavy atom. The van der Waals surface area contributed by atoms with E-state index in [1.165, 1.54) is 5.39 Å². The Kier molecular flexibility index (Phi) is 3.57. The van der Waals surface area contributed by atoms with Gasteiger partial charge in [-0.3, -0.25) is 0 Å². The third kappa shape index (κ3) is 2.72. The number of benzene rings is 2. The number of hydrogen-bond donors (Lipinski definition) is 1. The van der Waals surface area contributed by atoms with E-state index in [1.807, 2.05) is 44.2 Å². The van der Waals surface area contributed by atoms with E-state index < -0.39 is 0 Å². The smallest absolute Gasteiger partial charge is 0.162 e. The lowest BCUT2D eigenvalue weighted by molar-refractivity contribution is 0.230. The largest absolute Gasteiger partial charge is 0.493 e. The Bertz CT molecular complexity index is 726. The average Bonchev–Trinajstić information content (AvgIpc) is 2.90. The second-order valence-electron chi connectivity index (χ2n) is 5.30. The number of fused-ring (bicyclic) bond motifs is 1. The minimum Gasteiger partial charge on any atom is -0.493 e. The lowest BCUT2D eigenvalue weighted by Crippen LogP contribution is -2.06. The maximum absolute atomic E-state index is 5.83. The summed E-state index contributed by atoms with van der Waals surface area (Å²) in [7, 11) is 1.66. The summed E-state index contributed by atoms with van der Waals surface area (Å²) >= 11 is 0. The van der Waals surface area contributed by atoms with Crippen LogP contribution in [-0.2, 0) is 0 Å². The summed E-state index contributed by atoms with van der Waals surface area (Å²) in [5.74, 6) is 1.52. The molecule has 0 atom stereocenters. The molecule has 0 radical (unpaired) electrons. The number of para-hydroxylation sites is 1. The number of nitrogens with one attached hydrogen (secondary N) is 1. The van der Waals surface area contributed by atoms with E-state index in [0.29, 0.717) is 0 Å². The van der Waals surface area contributed by atoms with E-state index in [4.69, 9.17) is 9.47 Å². The number of aromatic nitrogens is 1. The molecule has 0 spiro atoms. The van der Waals surface area contributed by atoms with Crippen LogP contribution in [0, 0.1) is 0 Å². The number of rotatable bonds is 4. The summed E-state index contributed by atoms with van der Waals surface area (Å²) in [6, 6.07) is 16.4. The van der Waals surface area contributed by atoms with Crippen molar-refractivity contribution in [3.63, 3.8) is 0 Å². The van der Waals surface area contributed by atoms with Crippen LogP contribution in [0.1, 0.15) is 13.8 Å². The third-order valence-electron chi connectivity index (χ3n) is 3.37. The zero-order chi connectivity index (χ0) is 14.8. The first kappa shape index (κ1) is 13.6. The number of H-pyrrole nitrogens is 1. The van der Waals surface area contributed by atoms with E-state index >= 15 is 0 Å². The third-order valence-corrected chi connectivity index (χ3v) is 3.37. The summed E-state index contributed by atoms with van der Waals surface area (Å²) in [6.45, 7) is 4.02. The van der Waals surface area contributed by atoms with Gasteiger partial charge in [0.2, 0.25) is 0 Å². The molecule has 0 unspecified atom stereocenters. The van der Waals surface area contributed by atoms with Crippen LogP contribution in [0.15, 0.2) is 48.5 Å². The fourth-order valence-corrected chi connectivity index (χ4v) is 2.42. The lowest BCUT2D eigenvalue weighted by Gasteiger charge is -2.14. The van der Waals surface area contributed by atoms with Gasteiger partial charge in [-0.1, -0.05) is 18.2 Å². The summed E-state index contributed by atoms with van der Waals surface area (Å²) in [5.41, 5.74) is 3.30. The topological polar surface area (TPSA) is 34.2 Å². The molecule has 1 N–H and O–H groups in total. The van der Waals surface area contributed by atoms with Crippen LogP contribution < -0.4 is 9.47 Å². The van der Waals surface area contributed by atoms with Gasteiger partial charge in [-0.2, -0.15) is 0 Å². The molecule has 1 heterocycles. The molecule has 0 aliphatic carbocycles. The molecule has 3 heteroatoms. The highest BCUT2D eigenvalue weighted by Gasteiger charge is 2.10. The molecule has 0 aliphatic rings. The van der Waals surface area contributed by atoms with Crippen molar-refractivity contribution in [2.24, 2.45) is 0 Å². The molecule has 2 aromatic carbocycles. The van der Waals surface area contributed by atoms with Crippen LogP contribution in [0.25, 0.3) is 22.2 Å². The van der Waals surface area contributed by atoms with E-state index in [0.717, 1.165) is 28.3 Å². The molecular formula is C18H19NO2. The number of methoxy groups -OCH3 is 1. The highest BCUT2D eigenvalue weighted by Crippen LogP contribution is 2.34. The minimum absolute atomic E-state index is 0.108. The molecule has 3 nitrogen and oxygen atoms in total. The zero-order valence-corrected chi connectivity index (χ0v) is 12.5. The Labute approximate surface area is 124 Å². The van der Waals surface area contributed by atoms with Crippen molar-refractivity contribution in [2.75, 3.05) is 7.11 Å². The molecule has 0 bridgehead atoms. The molecule has 0 amide bonds. The highest BCUT2D eigenvalue weighted by atomic mass is 16.5. The van der Waals surface area contributed by atoms with Gasteiger partial charge in [0.1, 0.15) is 0 Å². The van der Waals surface area contributed by atoms with Gasteiger partial charge in [-0.25, -0.2) is 0 Å². The van der Waals surface area contributed by atoms with Crippen LogP contribution in [0.5, 0.6) is 11.5 Å². The first-order chi connectivity index (χ1) is 10.2. The van der Waals surface area contributed by atoms with Gasteiger partial charge in [0.15, 0.2) is 11.5 Å². The Hall–Kier alpha value is -2.42. The second-order valence-corrected chi connectivity index (χ2v) is 5.30. The van der Waals surface area contributed by atoms with Crippen LogP contribution in [0.3, 0.4) is 0 Å². The van der Waals surface area contributed by atoms with E-state index in [2.05, 4.69) is 23.2 Å². The van der Waals surface area contributed by atoms with E-state index in [9.17, 15) is 0 Å². The van der Waals surface area contributed by atoms with Crippen LogP contribution in [0.4, 0.5) is 0 Å². The van der Waals surface area contributed by atoms with Gasteiger partial charge >= 0.3 is 0 Å². The molecule has 0 saturated carbocycles. The average molecular weight is 281 g/mol. The van der Waals surface area contributed by atoms with Crippen molar-refractivity contribution in [1.82, 2.24) is 4.98 Å². The summed E-state index contributed by atoms with van der Waals surface area (Å²) in [4.78, 5) is 3.43. The maximum atomic E-state index is 5.83. The van der Waals surface area contributed by atoms with E-state index in [1.54, 1.807) is 7.11 Å². The first-order valence-corrected chi connectivity index (χ1v) is 7.10. The van der Waals surface area contributed by atoms with Gasteiger partial charge in [0.05, 0.1) is 13.2 Å². The predicted molar refractivity (Wildman–Crippen MR) is 86.1 cm³/mol. The van der Waals surface area contributed by atoms with Crippen molar-refractivity contribution in [1.29, 1.82) is 0 Å². The Balaban J connectivity index is 2.05. The fourth-order valence-electron chi connectivity index (χ4n) is 2.42. The number of ether oxygens (including phenoxy) is 2. The van der Waals surface area contributed by atoms with Crippen molar-refractivity contribution >= 4 is 10.9 Å². The standard InChI is InChI=1S/C18H19NO2/c1-12(2)21-18-11-14(8-9-17(18)20-3)16-10-13-6-4-5-7-15(13)19-16/h4-12,19H,1-3H3. The molecule has 0 saturated heterocycles. The highest BCUT2D eigenvalue weighted by molar-refractivity contribution is 5.86. The van der Waals surface area contributed by atoms with Gasteiger partial charge in [0, 0.05) is 22.2 Å². The van der Waals surface area contributed by atoms with Crippen LogP contribution in [0.2, 0.25) is 0 Å². The molecular weight excluding hydrogens is 262 g/mol. The van der Waals surface area contributed by atoms with Gasteiger partial charge in [-0.15, -0.1) is 0 Å². The molecule has 0 aliphatic heterocycles. The van der Waals surface area contributed by atoms with Crippen molar-refractivity contribution < 1.29 is 9.47 Å². The van der Waals surface area contributed by atoms with E-state index in [-0.39, 0.29) is 6.10 Å². The Morgan fingerprint density at radius 3 is 2.48 bits per heavy atom. The normalized spacial score (nSPS) is 11.0. The van der Waals surface area contributed by atoms with Crippen molar-refractivity contribution in [2.45, 2.75) is 20.0 Å². The van der Waals surface area contributed by atoms with Gasteiger partial charge in [-0.05, 0) is 44.2 Å². The molecule has 1 aromatic heterocycles. The number of hydrogen-bond acceptors (Lipinski definition) is 2. The molecule has 3 aromatic rings. The molecule has 0 fully saturated rings. The molecule has 108 valence electrons. The second kappa shape index (κ2) is 5.52. The summed E-state index contributed by atoms with van der Waals surface area (Å²) in [5, 5.41) is 1.20. The molecule has 3 rings (SSSR count). The maximum Gasteiger partial charge on any atom is 0.162 e. The summed E-state index contributed by atoms with van der Waals surface area (Å²) < 4.78 is 11.2. The quantitative estimate of drug-likeness (QED) is 0.756. The zero-order valence-electron chi connectivity index (χ0n) is 12.5. The summed E-state index contributed by atoms with van der Waals surface area (Å²) in [6.07, 6.45) is 0.108. The minimum atomic E-state index is 0.108. The number of aromatic amines is 1. The van der Waals surface area contributed by atoms with Crippen molar-refractivity contribution in [3.8, 4) is 22.8 Å². The first-order valence-electron chi connectivity index (χ1n) is 7.10. The van der Waals surface area contributed by atoms with Crippen LogP contribution >= 0.6 is 0 Å². The Morgan fingerprint density at radius 1 is 0.952 bits per heavy atom. The predicted octanol–water partition coefficient (Wildman–Crippen LogP) is 4.63. The molecule has 21 heavy (non-hydrogen) atoms. The van der Waals surface area contributed by atoms with Gasteiger partial charge in [0.25, 0.3) is 0 Å². The monoisotopic (exact) mass is 281 g/mol. The van der Waals surface area contributed by atoms with Crippen molar-refractivity contribution in [3.05, 3.63) is 48.5 Å². The van der Waals surface area contributed by atoms with Gasteiger partial charge < -0.3 is 14.5 Å². The van der Waals surface area contributed by atoms with Crippen LogP contribution in [-0.4, -0.2) is 18.2 Å². The SMILES string of the molecule is COc1ccc(-c2cc3ccccc3[nH]2)cc1OC(C)C. The fraction of sp³-hybridized carbons (Fsp3) is 0.222.